The standard InChI is InChI=1S/C10H14F2N2O2S/c11-10(12)17(15,16)9-4-2-8(3-5-9)14-7-1-6-13/h2-5,10,14H,1,6-7,13H2. The third-order valence-corrected chi connectivity index (χ3v) is 3.53. The number of alkyl halides is 2. The highest BCUT2D eigenvalue weighted by Crippen LogP contribution is 2.20. The van der Waals surface area contributed by atoms with Gasteiger partial charge in [-0.2, -0.15) is 8.78 Å². The van der Waals surface area contributed by atoms with Crippen molar-refractivity contribution >= 4 is 15.5 Å². The van der Waals surface area contributed by atoms with E-state index in [0.29, 0.717) is 18.8 Å². The summed E-state index contributed by atoms with van der Waals surface area (Å²) in [6, 6.07) is 5.22. The molecule has 0 radical (unpaired) electrons. The molecule has 0 spiro atoms. The number of nitrogens with two attached hydrogens (primary N) is 1. The molecule has 0 amide bonds. The number of sulfone groups is 1. The van der Waals surface area contributed by atoms with Crippen molar-refractivity contribution in [3.05, 3.63) is 24.3 Å². The number of benzene rings is 1. The molecule has 0 atom stereocenters. The molecule has 0 aliphatic carbocycles. The van der Waals surface area contributed by atoms with Crippen molar-refractivity contribution in [1.29, 1.82) is 0 Å². The zero-order chi connectivity index (χ0) is 12.9. The van der Waals surface area contributed by atoms with Gasteiger partial charge in [-0.3, -0.25) is 0 Å². The molecule has 0 aromatic heterocycles. The van der Waals surface area contributed by atoms with Crippen LogP contribution >= 0.6 is 0 Å². The number of nitrogens with one attached hydrogen (secondary N) is 1. The second kappa shape index (κ2) is 5.92. The zero-order valence-corrected chi connectivity index (χ0v) is 9.88. The van der Waals surface area contributed by atoms with Gasteiger partial charge in [0.2, 0.25) is 9.84 Å². The average molecular weight is 264 g/mol. The lowest BCUT2D eigenvalue weighted by molar-refractivity contribution is 0.234. The van der Waals surface area contributed by atoms with E-state index in [0.717, 1.165) is 18.6 Å². The molecule has 0 bridgehead atoms. The van der Waals surface area contributed by atoms with Crippen LogP contribution < -0.4 is 11.1 Å². The molecule has 0 saturated heterocycles. The van der Waals surface area contributed by atoms with Crippen molar-refractivity contribution in [2.24, 2.45) is 5.73 Å². The number of hydrogen-bond acceptors (Lipinski definition) is 4. The van der Waals surface area contributed by atoms with Gasteiger partial charge in [0, 0.05) is 12.2 Å². The third-order valence-electron chi connectivity index (χ3n) is 2.13. The van der Waals surface area contributed by atoms with Crippen molar-refractivity contribution in [3.63, 3.8) is 0 Å². The van der Waals surface area contributed by atoms with Crippen LogP contribution in [0.15, 0.2) is 29.2 Å². The largest absolute Gasteiger partial charge is 0.385 e. The summed E-state index contributed by atoms with van der Waals surface area (Å²) in [5, 5.41) is 2.99. The fraction of sp³-hybridized carbons (Fsp3) is 0.400. The minimum atomic E-state index is -4.50. The molecule has 1 aromatic carbocycles. The summed E-state index contributed by atoms with van der Waals surface area (Å²) < 4.78 is 46.7. The van der Waals surface area contributed by atoms with E-state index in [1.807, 2.05) is 0 Å². The van der Waals surface area contributed by atoms with Gasteiger partial charge in [0.15, 0.2) is 0 Å². The van der Waals surface area contributed by atoms with Crippen LogP contribution in [0, 0.1) is 0 Å². The Morgan fingerprint density at radius 1 is 1.24 bits per heavy atom. The fourth-order valence-corrected chi connectivity index (χ4v) is 1.92. The van der Waals surface area contributed by atoms with Crippen LogP contribution in [0.1, 0.15) is 6.42 Å². The zero-order valence-electron chi connectivity index (χ0n) is 9.07. The van der Waals surface area contributed by atoms with Crippen LogP contribution in [0.3, 0.4) is 0 Å². The first-order valence-corrected chi connectivity index (χ1v) is 6.59. The minimum Gasteiger partial charge on any atom is -0.385 e. The summed E-state index contributed by atoms with van der Waals surface area (Å²) in [4.78, 5) is -0.378. The summed E-state index contributed by atoms with van der Waals surface area (Å²) in [5.74, 6) is -3.39. The maximum Gasteiger partial charge on any atom is 0.341 e. The number of anilines is 1. The first-order chi connectivity index (χ1) is 7.98. The topological polar surface area (TPSA) is 72.2 Å². The molecule has 1 rings (SSSR count). The Balaban J connectivity index is 2.75. The Bertz CT molecular complexity index is 446. The van der Waals surface area contributed by atoms with E-state index >= 15 is 0 Å². The van der Waals surface area contributed by atoms with Crippen LogP contribution in [-0.2, 0) is 9.84 Å². The molecule has 3 N–H and O–H groups in total. The van der Waals surface area contributed by atoms with Crippen molar-refractivity contribution in [1.82, 2.24) is 0 Å². The van der Waals surface area contributed by atoms with E-state index < -0.39 is 15.6 Å². The first-order valence-electron chi connectivity index (χ1n) is 5.04. The van der Waals surface area contributed by atoms with Crippen LogP contribution in [-0.4, -0.2) is 27.3 Å². The third kappa shape index (κ3) is 3.64. The Hall–Kier alpha value is -1.21. The SMILES string of the molecule is NCCCNc1ccc(S(=O)(=O)C(F)F)cc1. The second-order valence-electron chi connectivity index (χ2n) is 3.40. The lowest BCUT2D eigenvalue weighted by Gasteiger charge is -2.07. The molecule has 0 heterocycles. The van der Waals surface area contributed by atoms with Gasteiger partial charge in [0.1, 0.15) is 0 Å². The summed E-state index contributed by atoms with van der Waals surface area (Å²) >= 11 is 0. The molecule has 0 aliphatic rings. The van der Waals surface area contributed by atoms with Gasteiger partial charge in [-0.25, -0.2) is 8.42 Å². The highest BCUT2D eigenvalue weighted by Gasteiger charge is 2.26. The molecule has 1 aromatic rings. The Morgan fingerprint density at radius 3 is 2.29 bits per heavy atom. The van der Waals surface area contributed by atoms with Crippen LogP contribution in [0.2, 0.25) is 0 Å². The van der Waals surface area contributed by atoms with E-state index in [1.54, 1.807) is 0 Å². The summed E-state index contributed by atoms with van der Waals surface area (Å²) in [5.41, 5.74) is 5.98. The number of hydrogen-bond donors (Lipinski definition) is 2. The van der Waals surface area contributed by atoms with E-state index in [4.69, 9.17) is 5.73 Å². The molecule has 17 heavy (non-hydrogen) atoms. The van der Waals surface area contributed by atoms with Crippen molar-refractivity contribution in [2.75, 3.05) is 18.4 Å². The molecule has 96 valence electrons. The predicted molar refractivity (Wildman–Crippen MR) is 61.8 cm³/mol. The van der Waals surface area contributed by atoms with Crippen molar-refractivity contribution in [2.45, 2.75) is 17.1 Å². The van der Waals surface area contributed by atoms with Crippen LogP contribution in [0.25, 0.3) is 0 Å². The van der Waals surface area contributed by atoms with Gasteiger partial charge in [0.05, 0.1) is 4.90 Å². The molecule has 0 unspecified atom stereocenters. The molecular formula is C10H14F2N2O2S. The molecule has 0 saturated carbocycles. The lowest BCUT2D eigenvalue weighted by atomic mass is 10.3. The van der Waals surface area contributed by atoms with E-state index in [2.05, 4.69) is 5.32 Å². The number of halogens is 2. The molecule has 0 fully saturated rings. The monoisotopic (exact) mass is 264 g/mol. The van der Waals surface area contributed by atoms with Gasteiger partial charge in [0.25, 0.3) is 0 Å². The quantitative estimate of drug-likeness (QED) is 0.763. The molecular weight excluding hydrogens is 250 g/mol. The smallest absolute Gasteiger partial charge is 0.341 e. The summed E-state index contributed by atoms with van der Waals surface area (Å²) in [6.07, 6.45) is 0.775. The lowest BCUT2D eigenvalue weighted by Crippen LogP contribution is -2.11. The maximum atomic E-state index is 12.2. The van der Waals surface area contributed by atoms with E-state index in [-0.39, 0.29) is 4.90 Å². The van der Waals surface area contributed by atoms with Gasteiger partial charge in [-0.1, -0.05) is 0 Å². The molecule has 0 aliphatic heterocycles. The van der Waals surface area contributed by atoms with E-state index in [1.165, 1.54) is 12.1 Å². The molecule has 7 heteroatoms. The summed E-state index contributed by atoms with van der Waals surface area (Å²) in [7, 11) is -4.50. The number of rotatable bonds is 6. The Labute approximate surface area is 98.7 Å². The van der Waals surface area contributed by atoms with E-state index in [9.17, 15) is 17.2 Å². The Morgan fingerprint density at radius 2 is 1.82 bits per heavy atom. The first kappa shape index (κ1) is 13.9. The second-order valence-corrected chi connectivity index (χ2v) is 5.32. The highest BCUT2D eigenvalue weighted by molar-refractivity contribution is 7.91. The van der Waals surface area contributed by atoms with Crippen LogP contribution in [0.4, 0.5) is 14.5 Å². The highest BCUT2D eigenvalue weighted by atomic mass is 32.2. The molecule has 4 nitrogen and oxygen atoms in total. The minimum absolute atomic E-state index is 0.378. The Kier molecular flexibility index (Phi) is 4.83. The van der Waals surface area contributed by atoms with Gasteiger partial charge in [-0.15, -0.1) is 0 Å². The van der Waals surface area contributed by atoms with Crippen molar-refractivity contribution in [3.8, 4) is 0 Å². The predicted octanol–water partition coefficient (Wildman–Crippen LogP) is 1.44. The van der Waals surface area contributed by atoms with Gasteiger partial charge < -0.3 is 11.1 Å². The average Bonchev–Trinajstić information content (AvgIpc) is 2.30. The fourth-order valence-electron chi connectivity index (χ4n) is 1.20. The van der Waals surface area contributed by atoms with Gasteiger partial charge in [-0.05, 0) is 37.2 Å². The normalized spacial score (nSPS) is 11.8. The van der Waals surface area contributed by atoms with Gasteiger partial charge >= 0.3 is 5.76 Å². The summed E-state index contributed by atoms with van der Waals surface area (Å²) in [6.45, 7) is 1.20. The van der Waals surface area contributed by atoms with Crippen molar-refractivity contribution < 1.29 is 17.2 Å². The van der Waals surface area contributed by atoms with Crippen LogP contribution in [0.5, 0.6) is 0 Å². The maximum absolute atomic E-state index is 12.2.